The van der Waals surface area contributed by atoms with Crippen molar-refractivity contribution in [3.05, 3.63) is 28.8 Å². The van der Waals surface area contributed by atoms with Gasteiger partial charge in [0, 0.05) is 0 Å². The number of aliphatic hydroxyl groups excluding tert-OH is 2. The van der Waals surface area contributed by atoms with Gasteiger partial charge in [0.1, 0.15) is 11.9 Å². The van der Waals surface area contributed by atoms with Crippen molar-refractivity contribution in [2.75, 3.05) is 7.11 Å². The Hall–Kier alpha value is -1.59. The maximum atomic E-state index is 10.7. The zero-order chi connectivity index (χ0) is 13.9. The number of methoxy groups -OCH3 is 1. The molecule has 0 aliphatic rings. The number of primary amides is 1. The minimum Gasteiger partial charge on any atom is -0.496 e. The van der Waals surface area contributed by atoms with Crippen LogP contribution in [0.2, 0.25) is 0 Å². The van der Waals surface area contributed by atoms with E-state index < -0.39 is 18.1 Å². The third kappa shape index (κ3) is 3.21. The third-order valence-corrected chi connectivity index (χ3v) is 2.80. The molecule has 0 radical (unpaired) electrons. The van der Waals surface area contributed by atoms with Gasteiger partial charge in [0.2, 0.25) is 5.91 Å². The second-order valence-corrected chi connectivity index (χ2v) is 4.37. The number of hydrogen-bond donors (Lipinski definition) is 3. The van der Waals surface area contributed by atoms with Crippen molar-refractivity contribution in [3.63, 3.8) is 0 Å². The summed E-state index contributed by atoms with van der Waals surface area (Å²) < 4.78 is 5.22. The molecular weight excluding hydrogens is 234 g/mol. The highest BCUT2D eigenvalue weighted by Gasteiger charge is 2.21. The molecule has 1 rings (SSSR count). The summed E-state index contributed by atoms with van der Waals surface area (Å²) in [6.07, 6.45) is -2.61. The zero-order valence-corrected chi connectivity index (χ0v) is 10.8. The van der Waals surface area contributed by atoms with E-state index in [1.54, 1.807) is 19.2 Å². The molecule has 0 aromatic heterocycles. The molecule has 0 bridgehead atoms. The fourth-order valence-electron chi connectivity index (χ4n) is 2.02. The van der Waals surface area contributed by atoms with E-state index in [9.17, 15) is 15.0 Å². The van der Waals surface area contributed by atoms with Gasteiger partial charge < -0.3 is 20.7 Å². The molecule has 18 heavy (non-hydrogen) atoms. The average Bonchev–Trinajstić information content (AvgIpc) is 2.26. The molecule has 100 valence electrons. The van der Waals surface area contributed by atoms with Crippen molar-refractivity contribution in [1.29, 1.82) is 0 Å². The molecule has 2 atom stereocenters. The first-order chi connectivity index (χ1) is 8.36. The van der Waals surface area contributed by atoms with Crippen LogP contribution in [0.1, 0.15) is 29.2 Å². The number of nitrogens with two attached hydrogens (primary N) is 1. The van der Waals surface area contributed by atoms with E-state index in [2.05, 4.69) is 0 Å². The fraction of sp³-hybridized carbons (Fsp3) is 0.462. The maximum Gasteiger partial charge on any atom is 0.220 e. The zero-order valence-electron chi connectivity index (χ0n) is 10.8. The summed E-state index contributed by atoms with van der Waals surface area (Å²) in [6, 6.07) is 3.45. The summed E-state index contributed by atoms with van der Waals surface area (Å²) in [5.41, 5.74) is 7.24. The Morgan fingerprint density at radius 2 is 1.83 bits per heavy atom. The van der Waals surface area contributed by atoms with Gasteiger partial charge in [-0.1, -0.05) is 0 Å². The molecule has 0 aliphatic carbocycles. The summed E-state index contributed by atoms with van der Waals surface area (Å²) >= 11 is 0. The van der Waals surface area contributed by atoms with Gasteiger partial charge >= 0.3 is 0 Å². The fourth-order valence-corrected chi connectivity index (χ4v) is 2.02. The second-order valence-electron chi connectivity index (χ2n) is 4.37. The molecule has 0 spiro atoms. The van der Waals surface area contributed by atoms with Gasteiger partial charge in [-0.15, -0.1) is 0 Å². The first-order valence-electron chi connectivity index (χ1n) is 5.66. The minimum atomic E-state index is -1.20. The molecule has 2 unspecified atom stereocenters. The number of aliphatic hydroxyl groups is 2. The van der Waals surface area contributed by atoms with Crippen LogP contribution in [0.25, 0.3) is 0 Å². The van der Waals surface area contributed by atoms with Gasteiger partial charge in [-0.05, 0) is 42.7 Å². The predicted octanol–water partition coefficient (Wildman–Crippen LogP) is 0.582. The SMILES string of the molecule is COc1c(C)cc(C(O)C(O)CC(N)=O)cc1C. The van der Waals surface area contributed by atoms with Gasteiger partial charge in [0.15, 0.2) is 0 Å². The van der Waals surface area contributed by atoms with Gasteiger partial charge in [-0.2, -0.15) is 0 Å². The summed E-state index contributed by atoms with van der Waals surface area (Å²) in [6.45, 7) is 3.70. The molecule has 4 N–H and O–H groups in total. The van der Waals surface area contributed by atoms with Crippen LogP contribution in [0, 0.1) is 13.8 Å². The van der Waals surface area contributed by atoms with Crippen LogP contribution in [0.15, 0.2) is 12.1 Å². The average molecular weight is 253 g/mol. The summed E-state index contributed by atoms with van der Waals surface area (Å²) in [4.78, 5) is 10.7. The number of benzene rings is 1. The van der Waals surface area contributed by atoms with Crippen LogP contribution in [0.3, 0.4) is 0 Å². The molecule has 1 amide bonds. The van der Waals surface area contributed by atoms with Crippen LogP contribution >= 0.6 is 0 Å². The molecule has 5 nitrogen and oxygen atoms in total. The number of hydrogen-bond acceptors (Lipinski definition) is 4. The van der Waals surface area contributed by atoms with E-state index in [1.165, 1.54) is 0 Å². The Bertz CT molecular complexity index is 422. The van der Waals surface area contributed by atoms with Crippen molar-refractivity contribution >= 4 is 5.91 Å². The smallest absolute Gasteiger partial charge is 0.220 e. The normalized spacial score (nSPS) is 14.1. The number of amides is 1. The monoisotopic (exact) mass is 253 g/mol. The van der Waals surface area contributed by atoms with Crippen LogP contribution < -0.4 is 10.5 Å². The molecule has 0 fully saturated rings. The Kier molecular flexibility index (Phi) is 4.69. The summed E-state index contributed by atoms with van der Waals surface area (Å²) in [7, 11) is 1.58. The number of carbonyl (C=O) groups is 1. The van der Waals surface area contributed by atoms with Crippen LogP contribution in [0.5, 0.6) is 5.75 Å². The van der Waals surface area contributed by atoms with E-state index in [4.69, 9.17) is 10.5 Å². The molecule has 0 heterocycles. The molecular formula is C13H19NO4. The maximum absolute atomic E-state index is 10.7. The first kappa shape index (κ1) is 14.5. The Morgan fingerprint density at radius 3 is 2.22 bits per heavy atom. The van der Waals surface area contributed by atoms with Crippen molar-refractivity contribution < 1.29 is 19.7 Å². The lowest BCUT2D eigenvalue weighted by atomic mass is 9.97. The number of carbonyl (C=O) groups excluding carboxylic acids is 1. The lowest BCUT2D eigenvalue weighted by Crippen LogP contribution is -2.25. The topological polar surface area (TPSA) is 92.8 Å². The number of aryl methyl sites for hydroxylation is 2. The van der Waals surface area contributed by atoms with Gasteiger partial charge in [0.25, 0.3) is 0 Å². The van der Waals surface area contributed by atoms with Gasteiger partial charge in [-0.3, -0.25) is 4.79 Å². The van der Waals surface area contributed by atoms with E-state index in [1.807, 2.05) is 13.8 Å². The first-order valence-corrected chi connectivity index (χ1v) is 5.66. The molecule has 0 aliphatic heterocycles. The van der Waals surface area contributed by atoms with Crippen molar-refractivity contribution in [3.8, 4) is 5.75 Å². The number of rotatable bonds is 5. The van der Waals surface area contributed by atoms with E-state index >= 15 is 0 Å². The summed E-state index contributed by atoms with van der Waals surface area (Å²) in [5.74, 6) is 0.0962. The summed E-state index contributed by atoms with van der Waals surface area (Å²) in [5, 5.41) is 19.6. The lowest BCUT2D eigenvalue weighted by Gasteiger charge is -2.19. The highest BCUT2D eigenvalue weighted by atomic mass is 16.5. The predicted molar refractivity (Wildman–Crippen MR) is 67.2 cm³/mol. The molecule has 5 heteroatoms. The van der Waals surface area contributed by atoms with Gasteiger partial charge in [0.05, 0.1) is 19.6 Å². The van der Waals surface area contributed by atoms with Gasteiger partial charge in [-0.25, -0.2) is 0 Å². The van der Waals surface area contributed by atoms with Crippen LogP contribution in [-0.2, 0) is 4.79 Å². The minimum absolute atomic E-state index is 0.273. The van der Waals surface area contributed by atoms with Crippen molar-refractivity contribution in [2.24, 2.45) is 5.73 Å². The Labute approximate surface area is 106 Å². The van der Waals surface area contributed by atoms with E-state index in [0.717, 1.165) is 16.9 Å². The number of ether oxygens (including phenoxy) is 1. The molecule has 1 aromatic carbocycles. The highest BCUT2D eigenvalue weighted by molar-refractivity contribution is 5.74. The third-order valence-electron chi connectivity index (χ3n) is 2.80. The molecule has 0 saturated heterocycles. The Balaban J connectivity index is 3.00. The van der Waals surface area contributed by atoms with Crippen LogP contribution in [-0.4, -0.2) is 29.3 Å². The largest absolute Gasteiger partial charge is 0.496 e. The van der Waals surface area contributed by atoms with E-state index in [-0.39, 0.29) is 6.42 Å². The quantitative estimate of drug-likeness (QED) is 0.715. The van der Waals surface area contributed by atoms with Crippen molar-refractivity contribution in [1.82, 2.24) is 0 Å². The molecule has 1 aromatic rings. The Morgan fingerprint density at radius 1 is 1.33 bits per heavy atom. The van der Waals surface area contributed by atoms with Crippen molar-refractivity contribution in [2.45, 2.75) is 32.5 Å². The molecule has 0 saturated carbocycles. The lowest BCUT2D eigenvalue weighted by molar-refractivity contribution is -0.121. The highest BCUT2D eigenvalue weighted by Crippen LogP contribution is 2.28. The van der Waals surface area contributed by atoms with Crippen LogP contribution in [0.4, 0.5) is 0 Å². The second kappa shape index (κ2) is 5.84. The van der Waals surface area contributed by atoms with E-state index in [0.29, 0.717) is 5.56 Å². The standard InChI is InChI=1S/C13H19NO4/c1-7-4-9(5-8(2)13(7)18-3)12(17)10(15)6-11(14)16/h4-5,10,12,15,17H,6H2,1-3H3,(H2,14,16).